The topological polar surface area (TPSA) is 132 Å². The molecule has 9 heteroatoms. The molecule has 1 saturated carbocycles. The van der Waals surface area contributed by atoms with E-state index in [0.717, 1.165) is 54.4 Å². The summed E-state index contributed by atoms with van der Waals surface area (Å²) in [5.74, 6) is -0.411. The Labute approximate surface area is 221 Å². The van der Waals surface area contributed by atoms with Crippen LogP contribution in [0.5, 0.6) is 0 Å². The minimum atomic E-state index is -0.887. The van der Waals surface area contributed by atoms with E-state index in [9.17, 15) is 14.4 Å². The molecule has 5 rings (SSSR count). The van der Waals surface area contributed by atoms with Gasteiger partial charge in [0.1, 0.15) is 0 Å². The van der Waals surface area contributed by atoms with E-state index in [2.05, 4.69) is 15.6 Å². The van der Waals surface area contributed by atoms with Crippen LogP contribution in [0.2, 0.25) is 0 Å². The monoisotopic (exact) mass is 517 g/mol. The van der Waals surface area contributed by atoms with Gasteiger partial charge >= 0.3 is 5.76 Å². The number of hydrogen-bond acceptors (Lipinski definition) is 6. The second-order valence-electron chi connectivity index (χ2n) is 10.3. The highest BCUT2D eigenvalue weighted by Crippen LogP contribution is 2.47. The van der Waals surface area contributed by atoms with Crippen molar-refractivity contribution in [1.29, 1.82) is 0 Å². The Bertz CT molecular complexity index is 1350. The van der Waals surface area contributed by atoms with E-state index < -0.39 is 11.2 Å². The highest BCUT2D eigenvalue weighted by molar-refractivity contribution is 5.95. The molecule has 0 spiro atoms. The van der Waals surface area contributed by atoms with Crippen molar-refractivity contribution in [2.45, 2.75) is 62.8 Å². The Hall–Kier alpha value is -3.72. The fourth-order valence-corrected chi connectivity index (χ4v) is 6.39. The SMILES string of the molecule is CNC(=O)c1ccc2c(c1)CCc1cc(C(=O)NC)ccc1C2(CCN)c1nc(=O)on1C1CCCCC1. The van der Waals surface area contributed by atoms with Gasteiger partial charge in [-0.1, -0.05) is 31.4 Å². The molecular formula is C29H35N5O4. The van der Waals surface area contributed by atoms with Gasteiger partial charge in [0.25, 0.3) is 11.8 Å². The van der Waals surface area contributed by atoms with Crippen LogP contribution in [0, 0.1) is 0 Å². The van der Waals surface area contributed by atoms with Gasteiger partial charge in [-0.15, -0.1) is 0 Å². The molecule has 2 aromatic carbocycles. The first kappa shape index (κ1) is 25.9. The molecule has 9 nitrogen and oxygen atoms in total. The Balaban J connectivity index is 1.82. The lowest BCUT2D eigenvalue weighted by Gasteiger charge is -2.37. The molecule has 4 N–H and O–H groups in total. The van der Waals surface area contributed by atoms with Gasteiger partial charge < -0.3 is 20.9 Å². The number of amides is 2. The van der Waals surface area contributed by atoms with Crippen LogP contribution < -0.4 is 22.1 Å². The molecular weight excluding hydrogens is 482 g/mol. The molecule has 1 heterocycles. The van der Waals surface area contributed by atoms with Crippen LogP contribution in [0.1, 0.15) is 93.4 Å². The minimum absolute atomic E-state index is 0.0361. The first-order valence-corrected chi connectivity index (χ1v) is 13.4. The van der Waals surface area contributed by atoms with Crippen LogP contribution in [0.15, 0.2) is 45.7 Å². The second kappa shape index (κ2) is 10.6. The predicted molar refractivity (Wildman–Crippen MR) is 144 cm³/mol. The molecule has 2 aliphatic carbocycles. The third-order valence-corrected chi connectivity index (χ3v) is 8.16. The van der Waals surface area contributed by atoms with Crippen LogP contribution in [0.25, 0.3) is 0 Å². The fourth-order valence-electron chi connectivity index (χ4n) is 6.39. The number of carbonyl (C=O) groups is 2. The number of fused-ring (bicyclic) bond motifs is 2. The highest BCUT2D eigenvalue weighted by atomic mass is 16.5. The Morgan fingerprint density at radius 1 is 0.974 bits per heavy atom. The van der Waals surface area contributed by atoms with E-state index in [0.29, 0.717) is 42.8 Å². The number of nitrogens with two attached hydrogens (primary N) is 1. The van der Waals surface area contributed by atoms with Crippen molar-refractivity contribution in [3.05, 3.63) is 86.2 Å². The molecule has 200 valence electrons. The van der Waals surface area contributed by atoms with Crippen LogP contribution in [0.3, 0.4) is 0 Å². The van der Waals surface area contributed by atoms with Crippen molar-refractivity contribution in [3.63, 3.8) is 0 Å². The van der Waals surface area contributed by atoms with Crippen molar-refractivity contribution in [3.8, 4) is 0 Å². The predicted octanol–water partition coefficient (Wildman–Crippen LogP) is 2.84. The molecule has 0 unspecified atom stereocenters. The summed E-state index contributed by atoms with van der Waals surface area (Å²) in [7, 11) is 3.22. The summed E-state index contributed by atoms with van der Waals surface area (Å²) in [5, 5.41) is 5.41. The molecule has 0 atom stereocenters. The Morgan fingerprint density at radius 3 is 2.03 bits per heavy atom. The maximum atomic E-state index is 12.8. The van der Waals surface area contributed by atoms with Crippen molar-refractivity contribution < 1.29 is 14.1 Å². The van der Waals surface area contributed by atoms with Crippen molar-refractivity contribution in [2.24, 2.45) is 5.73 Å². The quantitative estimate of drug-likeness (QED) is 0.461. The number of nitrogens with zero attached hydrogens (tertiary/aromatic N) is 2. The molecule has 2 amide bonds. The zero-order valence-corrected chi connectivity index (χ0v) is 22.0. The highest BCUT2D eigenvalue weighted by Gasteiger charge is 2.46. The largest absolute Gasteiger partial charge is 0.459 e. The zero-order chi connectivity index (χ0) is 26.9. The minimum Gasteiger partial charge on any atom is -0.355 e. The van der Waals surface area contributed by atoms with Crippen LogP contribution in [0.4, 0.5) is 0 Å². The van der Waals surface area contributed by atoms with E-state index in [1.54, 1.807) is 18.8 Å². The average molecular weight is 518 g/mol. The van der Waals surface area contributed by atoms with Gasteiger partial charge in [0.2, 0.25) is 0 Å². The first-order valence-electron chi connectivity index (χ1n) is 13.4. The van der Waals surface area contributed by atoms with Gasteiger partial charge in [-0.2, -0.15) is 9.72 Å². The van der Waals surface area contributed by atoms with Crippen LogP contribution >= 0.6 is 0 Å². The van der Waals surface area contributed by atoms with Crippen molar-refractivity contribution >= 4 is 11.8 Å². The molecule has 3 aromatic rings. The summed E-state index contributed by atoms with van der Waals surface area (Å²) in [6, 6.07) is 11.5. The lowest BCUT2D eigenvalue weighted by molar-refractivity contribution is 0.0955. The van der Waals surface area contributed by atoms with Gasteiger partial charge in [0.05, 0.1) is 11.5 Å². The van der Waals surface area contributed by atoms with Gasteiger partial charge in [-0.25, -0.2) is 4.79 Å². The van der Waals surface area contributed by atoms with E-state index in [4.69, 9.17) is 10.3 Å². The standard InChI is InChI=1S/C29H35N5O4/c1-31-25(35)20-10-12-23-18(16-20)8-9-19-17-21(26(36)32-2)11-13-24(19)29(23,14-15-30)27-33-28(37)38-34(27)22-6-4-3-5-7-22/h10-13,16-17,22H,3-9,14-15,30H2,1-2H3,(H,31,35)(H,32,36). The fraction of sp³-hybridized carbons (Fsp3) is 0.448. The number of benzene rings is 2. The molecule has 0 bridgehead atoms. The zero-order valence-electron chi connectivity index (χ0n) is 22.0. The smallest absolute Gasteiger partial charge is 0.355 e. The van der Waals surface area contributed by atoms with E-state index in [1.165, 1.54) is 0 Å². The maximum absolute atomic E-state index is 12.8. The molecule has 1 fully saturated rings. The summed E-state index contributed by atoms with van der Waals surface area (Å²) >= 11 is 0. The molecule has 2 aliphatic rings. The Morgan fingerprint density at radius 2 is 1.53 bits per heavy atom. The van der Waals surface area contributed by atoms with Gasteiger partial charge in [0, 0.05) is 25.2 Å². The maximum Gasteiger partial charge on any atom is 0.459 e. The Kier molecular flexibility index (Phi) is 7.21. The average Bonchev–Trinajstić information content (AvgIpc) is 3.30. The lowest BCUT2D eigenvalue weighted by Crippen LogP contribution is -2.37. The third kappa shape index (κ3) is 4.34. The first-order chi connectivity index (χ1) is 18.4. The summed E-state index contributed by atoms with van der Waals surface area (Å²) < 4.78 is 7.53. The van der Waals surface area contributed by atoms with E-state index in [1.807, 2.05) is 36.4 Å². The van der Waals surface area contributed by atoms with Gasteiger partial charge in [0.15, 0.2) is 5.82 Å². The van der Waals surface area contributed by atoms with Gasteiger partial charge in [-0.3, -0.25) is 9.59 Å². The van der Waals surface area contributed by atoms with Crippen LogP contribution in [-0.2, 0) is 18.3 Å². The van der Waals surface area contributed by atoms with Crippen molar-refractivity contribution in [1.82, 2.24) is 20.4 Å². The molecule has 0 saturated heterocycles. The normalized spacial score (nSPS) is 16.7. The summed E-state index contributed by atoms with van der Waals surface area (Å²) in [6.45, 7) is 0.332. The summed E-state index contributed by atoms with van der Waals surface area (Å²) in [4.78, 5) is 42.4. The van der Waals surface area contributed by atoms with Gasteiger partial charge in [-0.05, 0) is 85.2 Å². The van der Waals surface area contributed by atoms with E-state index in [-0.39, 0.29) is 17.9 Å². The molecule has 38 heavy (non-hydrogen) atoms. The number of hydrogen-bond donors (Lipinski definition) is 3. The van der Waals surface area contributed by atoms with E-state index >= 15 is 0 Å². The van der Waals surface area contributed by atoms with Crippen molar-refractivity contribution in [2.75, 3.05) is 20.6 Å². The number of carbonyl (C=O) groups excluding carboxylic acids is 2. The molecule has 0 aliphatic heterocycles. The summed E-state index contributed by atoms with van der Waals surface area (Å²) in [6.07, 6.45) is 6.90. The molecule has 1 aromatic heterocycles. The third-order valence-electron chi connectivity index (χ3n) is 8.16. The lowest BCUT2D eigenvalue weighted by atomic mass is 9.68. The number of nitrogens with one attached hydrogen (secondary N) is 2. The number of aryl methyl sites for hydroxylation is 2. The number of rotatable bonds is 6. The second-order valence-corrected chi connectivity index (χ2v) is 10.3. The number of aromatic nitrogens is 2. The van der Waals surface area contributed by atoms with Crippen LogP contribution in [-0.4, -0.2) is 42.2 Å². The molecule has 0 radical (unpaired) electrons. The summed E-state index contributed by atoms with van der Waals surface area (Å²) in [5.41, 5.74) is 10.4.